The topological polar surface area (TPSA) is 105 Å². The first-order valence-corrected chi connectivity index (χ1v) is 12.1. The molecule has 1 aliphatic carbocycles. The highest BCUT2D eigenvalue weighted by atomic mass is 16.3. The lowest BCUT2D eigenvalue weighted by Crippen LogP contribution is -2.42. The number of rotatable bonds is 6. The van der Waals surface area contributed by atoms with E-state index >= 15 is 0 Å². The van der Waals surface area contributed by atoms with Gasteiger partial charge >= 0.3 is 0 Å². The van der Waals surface area contributed by atoms with Gasteiger partial charge in [0.1, 0.15) is 12.2 Å². The number of H-pyrrole nitrogens is 2. The summed E-state index contributed by atoms with van der Waals surface area (Å²) in [6.07, 6.45) is 3.91. The van der Waals surface area contributed by atoms with Crippen molar-refractivity contribution in [2.75, 3.05) is 31.1 Å². The standard InChI is InChI=1S/C26H33N5O3/c1-16-7-9-30(25(16)34)15-23(33)31(10-11-32)18-5-4-17-12-21(27-20(17)13-18)24-19-6-8-26(2,3)14-22(19)28-29-24/h4-5,12-13,16,27,32H,6-11,14-15H2,1-3H3,(H,28,29). The van der Waals surface area contributed by atoms with Crippen molar-refractivity contribution < 1.29 is 14.7 Å². The zero-order valence-corrected chi connectivity index (χ0v) is 20.1. The van der Waals surface area contributed by atoms with Crippen molar-refractivity contribution in [1.29, 1.82) is 0 Å². The zero-order valence-electron chi connectivity index (χ0n) is 20.1. The molecule has 180 valence electrons. The van der Waals surface area contributed by atoms with Crippen molar-refractivity contribution in [3.63, 3.8) is 0 Å². The number of nitrogens with zero attached hydrogens (tertiary/aromatic N) is 3. The van der Waals surface area contributed by atoms with Crippen LogP contribution in [0.5, 0.6) is 0 Å². The molecule has 1 unspecified atom stereocenters. The summed E-state index contributed by atoms with van der Waals surface area (Å²) in [7, 11) is 0. The number of carbonyl (C=O) groups excluding carboxylic acids is 2. The zero-order chi connectivity index (χ0) is 24.0. The van der Waals surface area contributed by atoms with Gasteiger partial charge in [-0.25, -0.2) is 0 Å². The van der Waals surface area contributed by atoms with Gasteiger partial charge in [-0.15, -0.1) is 0 Å². The number of aromatic nitrogens is 3. The van der Waals surface area contributed by atoms with Crippen LogP contribution in [0.1, 0.15) is 44.9 Å². The van der Waals surface area contributed by atoms with Gasteiger partial charge in [-0.2, -0.15) is 5.10 Å². The summed E-state index contributed by atoms with van der Waals surface area (Å²) in [6.45, 7) is 7.14. The minimum atomic E-state index is -0.188. The van der Waals surface area contributed by atoms with E-state index in [-0.39, 0.29) is 42.8 Å². The molecule has 8 heteroatoms. The lowest BCUT2D eigenvalue weighted by atomic mass is 9.76. The van der Waals surface area contributed by atoms with Gasteiger partial charge < -0.3 is 19.9 Å². The van der Waals surface area contributed by atoms with Crippen molar-refractivity contribution in [2.24, 2.45) is 11.3 Å². The van der Waals surface area contributed by atoms with Crippen molar-refractivity contribution in [1.82, 2.24) is 20.1 Å². The van der Waals surface area contributed by atoms with Crippen LogP contribution in [0.15, 0.2) is 24.3 Å². The number of benzene rings is 1. The third-order valence-corrected chi connectivity index (χ3v) is 7.35. The number of hydrogen-bond acceptors (Lipinski definition) is 4. The molecule has 1 atom stereocenters. The lowest BCUT2D eigenvalue weighted by Gasteiger charge is -2.28. The van der Waals surface area contributed by atoms with E-state index in [2.05, 4.69) is 35.1 Å². The Hall–Kier alpha value is -3.13. The van der Waals surface area contributed by atoms with Gasteiger partial charge in [-0.05, 0) is 49.3 Å². The molecule has 1 saturated heterocycles. The van der Waals surface area contributed by atoms with E-state index in [1.54, 1.807) is 9.80 Å². The summed E-state index contributed by atoms with van der Waals surface area (Å²) in [5.74, 6) is -0.203. The van der Waals surface area contributed by atoms with E-state index in [0.29, 0.717) is 12.2 Å². The fourth-order valence-electron chi connectivity index (χ4n) is 5.28. The van der Waals surface area contributed by atoms with Gasteiger partial charge in [-0.1, -0.05) is 26.8 Å². The second-order valence-electron chi connectivity index (χ2n) is 10.5. The van der Waals surface area contributed by atoms with Crippen LogP contribution in [0.4, 0.5) is 5.69 Å². The molecule has 2 amide bonds. The molecule has 2 aliphatic rings. The summed E-state index contributed by atoms with van der Waals surface area (Å²) in [5.41, 5.74) is 6.32. The van der Waals surface area contributed by atoms with Gasteiger partial charge in [0.2, 0.25) is 11.8 Å². The smallest absolute Gasteiger partial charge is 0.246 e. The molecule has 3 aromatic rings. The largest absolute Gasteiger partial charge is 0.395 e. The Morgan fingerprint density at radius 3 is 2.88 bits per heavy atom. The Kier molecular flexibility index (Phi) is 5.72. The van der Waals surface area contributed by atoms with E-state index in [4.69, 9.17) is 0 Å². The maximum absolute atomic E-state index is 13.1. The number of nitrogens with one attached hydrogen (secondary N) is 2. The average molecular weight is 464 g/mol. The summed E-state index contributed by atoms with van der Waals surface area (Å²) >= 11 is 0. The monoisotopic (exact) mass is 463 g/mol. The van der Waals surface area contributed by atoms with E-state index in [1.165, 1.54) is 11.3 Å². The molecule has 3 N–H and O–H groups in total. The van der Waals surface area contributed by atoms with E-state index < -0.39 is 0 Å². The maximum atomic E-state index is 13.1. The highest BCUT2D eigenvalue weighted by Gasteiger charge is 2.31. The molecule has 0 bridgehead atoms. The van der Waals surface area contributed by atoms with Crippen molar-refractivity contribution >= 4 is 28.4 Å². The number of anilines is 1. The van der Waals surface area contributed by atoms with Gasteiger partial charge in [0.25, 0.3) is 0 Å². The molecule has 2 aromatic heterocycles. The molecule has 3 heterocycles. The highest BCUT2D eigenvalue weighted by molar-refractivity contribution is 5.99. The Bertz CT molecular complexity index is 1240. The third-order valence-electron chi connectivity index (χ3n) is 7.35. The minimum absolute atomic E-state index is 0.0208. The molecule has 1 fully saturated rings. The third kappa shape index (κ3) is 4.11. The van der Waals surface area contributed by atoms with Crippen LogP contribution in [0.3, 0.4) is 0 Å². The Balaban J connectivity index is 1.41. The first-order chi connectivity index (χ1) is 16.3. The number of aliphatic hydroxyl groups excluding tert-OH is 1. The van der Waals surface area contributed by atoms with Crippen molar-refractivity contribution in [2.45, 2.75) is 46.5 Å². The van der Waals surface area contributed by atoms with Crippen LogP contribution in [-0.4, -0.2) is 63.2 Å². The number of fused-ring (bicyclic) bond motifs is 2. The fraction of sp³-hybridized carbons (Fsp3) is 0.500. The fourth-order valence-corrected chi connectivity index (χ4v) is 5.28. The number of likely N-dealkylation sites (tertiary alicyclic amines) is 1. The van der Waals surface area contributed by atoms with E-state index in [0.717, 1.165) is 48.0 Å². The van der Waals surface area contributed by atoms with Crippen molar-refractivity contribution in [3.8, 4) is 11.4 Å². The lowest BCUT2D eigenvalue weighted by molar-refractivity contribution is -0.134. The summed E-state index contributed by atoms with van der Waals surface area (Å²) < 4.78 is 0. The van der Waals surface area contributed by atoms with Crippen molar-refractivity contribution in [3.05, 3.63) is 35.5 Å². The molecule has 0 radical (unpaired) electrons. The number of aromatic amines is 2. The van der Waals surface area contributed by atoms with Crippen LogP contribution < -0.4 is 4.90 Å². The second-order valence-corrected chi connectivity index (χ2v) is 10.5. The Morgan fingerprint density at radius 1 is 1.32 bits per heavy atom. The first-order valence-electron chi connectivity index (χ1n) is 12.1. The van der Waals surface area contributed by atoms with Gasteiger partial charge in [0.05, 0.1) is 12.3 Å². The molecule has 1 aliphatic heterocycles. The summed E-state index contributed by atoms with van der Waals surface area (Å²) in [6, 6.07) is 7.90. The predicted molar refractivity (Wildman–Crippen MR) is 131 cm³/mol. The summed E-state index contributed by atoms with van der Waals surface area (Å²) in [4.78, 5) is 32.0. The number of amides is 2. The van der Waals surface area contributed by atoms with Gasteiger partial charge in [-0.3, -0.25) is 14.7 Å². The quantitative estimate of drug-likeness (QED) is 0.522. The molecule has 1 aromatic carbocycles. The summed E-state index contributed by atoms with van der Waals surface area (Å²) in [5, 5.41) is 18.5. The number of hydrogen-bond donors (Lipinski definition) is 3. The van der Waals surface area contributed by atoms with Crippen LogP contribution in [0, 0.1) is 11.3 Å². The van der Waals surface area contributed by atoms with E-state index in [9.17, 15) is 14.7 Å². The normalized spacial score (nSPS) is 19.6. The second kappa shape index (κ2) is 8.58. The number of aliphatic hydroxyl groups is 1. The highest BCUT2D eigenvalue weighted by Crippen LogP contribution is 2.38. The average Bonchev–Trinajstić information content (AvgIpc) is 3.48. The molecule has 0 spiro atoms. The molecule has 0 saturated carbocycles. The minimum Gasteiger partial charge on any atom is -0.395 e. The van der Waals surface area contributed by atoms with Crippen LogP contribution in [0.25, 0.3) is 22.3 Å². The Morgan fingerprint density at radius 2 is 2.15 bits per heavy atom. The first kappa shape index (κ1) is 22.7. The van der Waals surface area contributed by atoms with E-state index in [1.807, 2.05) is 25.1 Å². The maximum Gasteiger partial charge on any atom is 0.246 e. The van der Waals surface area contributed by atoms with Crippen LogP contribution in [0.2, 0.25) is 0 Å². The number of carbonyl (C=O) groups is 2. The molecule has 5 rings (SSSR count). The van der Waals surface area contributed by atoms with Crippen LogP contribution >= 0.6 is 0 Å². The van der Waals surface area contributed by atoms with Gasteiger partial charge in [0, 0.05) is 46.9 Å². The molecule has 34 heavy (non-hydrogen) atoms. The van der Waals surface area contributed by atoms with Crippen LogP contribution in [-0.2, 0) is 22.4 Å². The predicted octanol–water partition coefficient (Wildman–Crippen LogP) is 3.27. The Labute approximate surface area is 199 Å². The molecular weight excluding hydrogens is 430 g/mol. The molecule has 8 nitrogen and oxygen atoms in total. The van der Waals surface area contributed by atoms with Gasteiger partial charge in [0.15, 0.2) is 0 Å². The molecular formula is C26H33N5O3. The SMILES string of the molecule is CC1CCN(CC(=O)N(CCO)c2ccc3cc(-c4n[nH]c5c4CCC(C)(C)C5)[nH]c3c2)C1=O.